The van der Waals surface area contributed by atoms with Gasteiger partial charge >= 0.3 is 6.03 Å². The van der Waals surface area contributed by atoms with Crippen LogP contribution in [-0.2, 0) is 32.2 Å². The summed E-state index contributed by atoms with van der Waals surface area (Å²) < 4.78 is 0. The molecule has 0 saturated carbocycles. The first-order chi connectivity index (χ1) is 20.2. The zero-order valence-corrected chi connectivity index (χ0v) is 24.8. The first kappa shape index (κ1) is 31.2. The Morgan fingerprint density at radius 2 is 1.55 bits per heavy atom. The minimum Gasteiger partial charge on any atom is -0.321 e. The Kier molecular flexibility index (Phi) is 10.7. The van der Waals surface area contributed by atoms with Gasteiger partial charge in [0.05, 0.1) is 18.4 Å². The molecule has 2 saturated heterocycles. The average molecular weight is 578 g/mol. The first-order valence-electron chi connectivity index (χ1n) is 14.8. The summed E-state index contributed by atoms with van der Waals surface area (Å²) in [7, 11) is 1.97. The number of rotatable bonds is 13. The van der Waals surface area contributed by atoms with Crippen LogP contribution < -0.4 is 16.2 Å². The highest BCUT2D eigenvalue weighted by Crippen LogP contribution is 2.30. The van der Waals surface area contributed by atoms with Crippen molar-refractivity contribution in [2.24, 2.45) is 17.8 Å². The molecule has 10 nitrogen and oxygen atoms in total. The Hall–Kier alpha value is -3.76. The fourth-order valence-electron chi connectivity index (χ4n) is 5.74. The predicted octanol–water partition coefficient (Wildman–Crippen LogP) is 3.58. The number of amides is 5. The lowest BCUT2D eigenvalue weighted by Crippen LogP contribution is -2.56. The molecule has 5 amide bonds. The highest BCUT2D eigenvalue weighted by molar-refractivity contribution is 6.08. The Morgan fingerprint density at radius 1 is 0.929 bits per heavy atom. The molecule has 42 heavy (non-hydrogen) atoms. The van der Waals surface area contributed by atoms with Crippen LogP contribution in [0.1, 0.15) is 57.1 Å². The molecule has 0 aromatic heterocycles. The largest absolute Gasteiger partial charge is 0.344 e. The average Bonchev–Trinajstić information content (AvgIpc) is 3.20. The molecule has 10 heteroatoms. The van der Waals surface area contributed by atoms with Gasteiger partial charge in [0, 0.05) is 13.1 Å². The van der Waals surface area contributed by atoms with Crippen LogP contribution in [0.15, 0.2) is 60.7 Å². The van der Waals surface area contributed by atoms with E-state index < -0.39 is 41.1 Å². The van der Waals surface area contributed by atoms with Gasteiger partial charge in [0.15, 0.2) is 0 Å². The minimum atomic E-state index is -1.01. The van der Waals surface area contributed by atoms with Crippen molar-refractivity contribution >= 4 is 23.8 Å². The zero-order chi connectivity index (χ0) is 30.1. The van der Waals surface area contributed by atoms with Crippen molar-refractivity contribution < 1.29 is 24.0 Å². The third kappa shape index (κ3) is 7.95. The van der Waals surface area contributed by atoms with E-state index in [0.717, 1.165) is 22.6 Å². The van der Waals surface area contributed by atoms with E-state index in [1.807, 2.05) is 81.6 Å². The van der Waals surface area contributed by atoms with E-state index >= 15 is 0 Å². The second-order valence-electron chi connectivity index (χ2n) is 11.9. The van der Waals surface area contributed by atoms with Crippen LogP contribution in [0.5, 0.6) is 0 Å². The van der Waals surface area contributed by atoms with Crippen molar-refractivity contribution in [1.82, 2.24) is 26.1 Å². The molecule has 2 aromatic rings. The lowest BCUT2D eigenvalue weighted by atomic mass is 9.81. The van der Waals surface area contributed by atoms with Crippen LogP contribution in [0, 0.1) is 17.8 Å². The predicted molar refractivity (Wildman–Crippen MR) is 158 cm³/mol. The second kappa shape index (κ2) is 14.4. The van der Waals surface area contributed by atoms with Crippen LogP contribution in [0.3, 0.4) is 0 Å². The Balaban J connectivity index is 1.48. The van der Waals surface area contributed by atoms with E-state index in [-0.39, 0.29) is 12.5 Å². The van der Waals surface area contributed by atoms with E-state index in [4.69, 9.17) is 4.84 Å². The maximum Gasteiger partial charge on any atom is 0.344 e. The number of aryl methyl sites for hydroxylation is 1. The van der Waals surface area contributed by atoms with Crippen molar-refractivity contribution in [2.75, 3.05) is 20.1 Å². The Bertz CT molecular complexity index is 1210. The number of hydrogen-bond acceptors (Lipinski definition) is 6. The molecule has 0 bridgehead atoms. The first-order valence-corrected chi connectivity index (χ1v) is 14.8. The molecular formula is C32H43N5O5. The molecule has 0 radical (unpaired) electrons. The molecule has 2 aliphatic rings. The van der Waals surface area contributed by atoms with Gasteiger partial charge in [0.25, 0.3) is 5.91 Å². The molecule has 2 aromatic carbocycles. The molecular weight excluding hydrogens is 534 g/mol. The van der Waals surface area contributed by atoms with Gasteiger partial charge in [-0.15, -0.1) is 0 Å². The van der Waals surface area contributed by atoms with Gasteiger partial charge in [-0.1, -0.05) is 74.5 Å². The van der Waals surface area contributed by atoms with E-state index in [1.54, 1.807) is 0 Å². The second-order valence-corrected chi connectivity index (χ2v) is 11.9. The number of imide groups is 1. The van der Waals surface area contributed by atoms with Gasteiger partial charge in [0.2, 0.25) is 11.8 Å². The van der Waals surface area contributed by atoms with Gasteiger partial charge in [-0.05, 0) is 62.6 Å². The fraction of sp³-hybridized carbons (Fsp3) is 0.500. The van der Waals surface area contributed by atoms with Gasteiger partial charge in [-0.25, -0.2) is 10.3 Å². The van der Waals surface area contributed by atoms with E-state index in [1.165, 1.54) is 0 Å². The fourth-order valence-corrected chi connectivity index (χ4v) is 5.74. The zero-order valence-electron chi connectivity index (χ0n) is 24.8. The molecule has 2 heterocycles. The number of urea groups is 1. The maximum absolute atomic E-state index is 13.8. The van der Waals surface area contributed by atoms with Gasteiger partial charge in [-0.3, -0.25) is 24.6 Å². The SMILES string of the molecule is CC(C)CC(C(=O)NN1C(=O)NC2(CCN(C)CC2)C1=O)[C@@H](CCCc1ccccc1)C(=O)NOCc1ccccc1. The lowest BCUT2D eigenvalue weighted by molar-refractivity contribution is -0.148. The monoisotopic (exact) mass is 577 g/mol. The lowest BCUT2D eigenvalue weighted by Gasteiger charge is -2.35. The van der Waals surface area contributed by atoms with Crippen molar-refractivity contribution in [1.29, 1.82) is 0 Å². The number of hydroxylamine groups is 1. The van der Waals surface area contributed by atoms with Crippen LogP contribution in [0.4, 0.5) is 4.79 Å². The topological polar surface area (TPSA) is 120 Å². The van der Waals surface area contributed by atoms with Gasteiger partial charge in [0.1, 0.15) is 5.54 Å². The summed E-state index contributed by atoms with van der Waals surface area (Å²) in [6, 6.07) is 18.8. The van der Waals surface area contributed by atoms with Crippen LogP contribution >= 0.6 is 0 Å². The maximum atomic E-state index is 13.8. The summed E-state index contributed by atoms with van der Waals surface area (Å²) in [4.78, 5) is 61.3. The molecule has 2 atom stereocenters. The van der Waals surface area contributed by atoms with Crippen molar-refractivity contribution in [2.45, 2.75) is 64.5 Å². The quantitative estimate of drug-likeness (QED) is 0.247. The van der Waals surface area contributed by atoms with Gasteiger partial charge in [-0.2, -0.15) is 5.01 Å². The van der Waals surface area contributed by atoms with Crippen LogP contribution in [0.25, 0.3) is 0 Å². The number of hydrogen-bond donors (Lipinski definition) is 3. The third-order valence-corrected chi connectivity index (χ3v) is 8.19. The summed E-state index contributed by atoms with van der Waals surface area (Å²) in [5, 5.41) is 3.63. The summed E-state index contributed by atoms with van der Waals surface area (Å²) >= 11 is 0. The molecule has 2 aliphatic heterocycles. The standard InChI is InChI=1S/C32H43N5O5/c1-23(2)21-27(28(38)34-37-30(40)32(33-31(37)41)17-19-36(3)20-18-32)26(16-10-15-24-11-6-4-7-12-24)29(39)35-42-22-25-13-8-5-9-14-25/h4-9,11-14,23,26-27H,10,15-22H2,1-3H3,(H,33,41)(H,34,38)(H,35,39)/t26-,27?/m1/s1. The summed E-state index contributed by atoms with van der Waals surface area (Å²) in [6.45, 7) is 5.47. The number of nitrogens with one attached hydrogen (secondary N) is 3. The molecule has 0 aliphatic carbocycles. The molecule has 226 valence electrons. The number of likely N-dealkylation sites (tertiary alicyclic amines) is 1. The van der Waals surface area contributed by atoms with Crippen molar-refractivity contribution in [3.63, 3.8) is 0 Å². The van der Waals surface area contributed by atoms with Crippen molar-refractivity contribution in [3.8, 4) is 0 Å². The Morgan fingerprint density at radius 3 is 2.17 bits per heavy atom. The van der Waals surface area contributed by atoms with Crippen LogP contribution in [-0.4, -0.2) is 59.3 Å². The number of piperidine rings is 1. The number of carbonyl (C=O) groups excluding carboxylic acids is 4. The molecule has 3 N–H and O–H groups in total. The molecule has 2 fully saturated rings. The normalized spacial score (nSPS) is 18.1. The third-order valence-electron chi connectivity index (χ3n) is 8.19. The number of carbonyl (C=O) groups is 4. The highest BCUT2D eigenvalue weighted by Gasteiger charge is 2.53. The van der Waals surface area contributed by atoms with E-state index in [9.17, 15) is 19.2 Å². The van der Waals surface area contributed by atoms with E-state index in [2.05, 4.69) is 21.1 Å². The highest BCUT2D eigenvalue weighted by atomic mass is 16.6. The number of benzene rings is 2. The molecule has 4 rings (SSSR count). The van der Waals surface area contributed by atoms with Crippen molar-refractivity contribution in [3.05, 3.63) is 71.8 Å². The molecule has 1 spiro atoms. The van der Waals surface area contributed by atoms with Gasteiger partial charge < -0.3 is 10.2 Å². The minimum absolute atomic E-state index is 0.0822. The smallest absolute Gasteiger partial charge is 0.321 e. The molecule has 1 unspecified atom stereocenters. The van der Waals surface area contributed by atoms with E-state index in [0.29, 0.717) is 45.2 Å². The Labute approximate surface area is 248 Å². The number of hydrazine groups is 1. The van der Waals surface area contributed by atoms with Crippen LogP contribution in [0.2, 0.25) is 0 Å². The summed E-state index contributed by atoms with van der Waals surface area (Å²) in [5.41, 5.74) is 6.19. The summed E-state index contributed by atoms with van der Waals surface area (Å²) in [5.74, 6) is -2.81. The summed E-state index contributed by atoms with van der Waals surface area (Å²) in [6.07, 6.45) is 3.18. The number of nitrogens with zero attached hydrogens (tertiary/aromatic N) is 2.